The van der Waals surface area contributed by atoms with Crippen LogP contribution in [-0.2, 0) is 13.0 Å². The van der Waals surface area contributed by atoms with Gasteiger partial charge in [0.2, 0.25) is 0 Å². The van der Waals surface area contributed by atoms with Crippen LogP contribution in [0.3, 0.4) is 0 Å². The summed E-state index contributed by atoms with van der Waals surface area (Å²) in [6.07, 6.45) is 2.56. The number of nitrogens with zero attached hydrogens (tertiary/aromatic N) is 1. The van der Waals surface area contributed by atoms with Crippen molar-refractivity contribution in [2.45, 2.75) is 20.0 Å². The van der Waals surface area contributed by atoms with E-state index in [1.54, 1.807) is 6.20 Å². The van der Waals surface area contributed by atoms with Crippen molar-refractivity contribution in [3.05, 3.63) is 65.0 Å². The van der Waals surface area contributed by atoms with Gasteiger partial charge in [0.1, 0.15) is 0 Å². The van der Waals surface area contributed by atoms with Crippen LogP contribution in [0.15, 0.2) is 42.6 Å². The van der Waals surface area contributed by atoms with Crippen LogP contribution < -0.4 is 0 Å². The van der Waals surface area contributed by atoms with Crippen molar-refractivity contribution in [2.75, 3.05) is 0 Å². The molecule has 16 heavy (non-hydrogen) atoms. The Labute approximate surface area is 95.6 Å². The zero-order chi connectivity index (χ0) is 11.4. The number of rotatable bonds is 3. The van der Waals surface area contributed by atoms with Gasteiger partial charge in [0.05, 0.1) is 6.61 Å². The highest BCUT2D eigenvalue weighted by Crippen LogP contribution is 2.09. The summed E-state index contributed by atoms with van der Waals surface area (Å²) in [5, 5.41) is 8.91. The lowest BCUT2D eigenvalue weighted by Gasteiger charge is -2.02. The van der Waals surface area contributed by atoms with Crippen LogP contribution in [-0.4, -0.2) is 10.1 Å². The average molecular weight is 213 g/mol. The first-order chi connectivity index (χ1) is 7.78. The second-order valence-corrected chi connectivity index (χ2v) is 3.98. The van der Waals surface area contributed by atoms with Crippen LogP contribution in [0, 0.1) is 6.92 Å². The van der Waals surface area contributed by atoms with E-state index in [9.17, 15) is 0 Å². The monoisotopic (exact) mass is 213 g/mol. The number of pyridine rings is 1. The Morgan fingerprint density at radius 1 is 1.00 bits per heavy atom. The first kappa shape index (κ1) is 10.8. The third-order valence-electron chi connectivity index (χ3n) is 2.57. The number of hydrogen-bond donors (Lipinski definition) is 1. The maximum Gasteiger partial charge on any atom is 0.0696 e. The van der Waals surface area contributed by atoms with E-state index in [2.05, 4.69) is 36.2 Å². The molecule has 2 aromatic rings. The fraction of sp³-hybridized carbons (Fsp3) is 0.214. The van der Waals surface area contributed by atoms with Crippen molar-refractivity contribution < 1.29 is 5.11 Å². The first-order valence-corrected chi connectivity index (χ1v) is 5.38. The number of aryl methyl sites for hydroxylation is 1. The van der Waals surface area contributed by atoms with Gasteiger partial charge in [-0.2, -0.15) is 0 Å². The van der Waals surface area contributed by atoms with Crippen LogP contribution in [0.4, 0.5) is 0 Å². The fourth-order valence-electron chi connectivity index (χ4n) is 1.57. The number of aliphatic hydroxyl groups excluding tert-OH is 1. The van der Waals surface area contributed by atoms with Gasteiger partial charge in [-0.3, -0.25) is 4.98 Å². The van der Waals surface area contributed by atoms with Gasteiger partial charge in [-0.15, -0.1) is 0 Å². The molecular weight excluding hydrogens is 198 g/mol. The van der Waals surface area contributed by atoms with Crippen molar-refractivity contribution >= 4 is 0 Å². The first-order valence-electron chi connectivity index (χ1n) is 5.38. The second-order valence-electron chi connectivity index (χ2n) is 3.98. The van der Waals surface area contributed by atoms with Gasteiger partial charge >= 0.3 is 0 Å². The molecule has 0 fully saturated rings. The summed E-state index contributed by atoms with van der Waals surface area (Å²) in [5.41, 5.74) is 4.41. The molecule has 2 nitrogen and oxygen atoms in total. The zero-order valence-corrected chi connectivity index (χ0v) is 9.35. The van der Waals surface area contributed by atoms with E-state index < -0.39 is 0 Å². The quantitative estimate of drug-likeness (QED) is 0.849. The molecule has 0 unspecified atom stereocenters. The molecule has 82 valence electrons. The molecule has 0 aliphatic rings. The van der Waals surface area contributed by atoms with Crippen LogP contribution in [0.5, 0.6) is 0 Å². The Morgan fingerprint density at radius 2 is 1.69 bits per heavy atom. The number of benzene rings is 1. The van der Waals surface area contributed by atoms with Gasteiger partial charge in [-0.05, 0) is 24.1 Å². The molecule has 0 spiro atoms. The van der Waals surface area contributed by atoms with Crippen LogP contribution in [0.25, 0.3) is 0 Å². The smallest absolute Gasteiger partial charge is 0.0696 e. The van der Waals surface area contributed by atoms with Gasteiger partial charge in [0.25, 0.3) is 0 Å². The molecular formula is C14H15NO. The summed E-state index contributed by atoms with van der Waals surface area (Å²) in [5.74, 6) is 0. The second kappa shape index (κ2) is 4.90. The van der Waals surface area contributed by atoms with Gasteiger partial charge in [-0.25, -0.2) is 0 Å². The maximum atomic E-state index is 8.91. The molecule has 2 heteroatoms. The minimum absolute atomic E-state index is 0.0534. The molecule has 0 atom stereocenters. The Hall–Kier alpha value is -1.67. The number of aromatic nitrogens is 1. The molecule has 1 aromatic carbocycles. The predicted octanol–water partition coefficient (Wildman–Crippen LogP) is 2.47. The Kier molecular flexibility index (Phi) is 3.32. The zero-order valence-electron chi connectivity index (χ0n) is 9.35. The minimum atomic E-state index is 0.0534. The van der Waals surface area contributed by atoms with E-state index in [1.807, 2.05) is 12.1 Å². The molecule has 2 rings (SSSR count). The van der Waals surface area contributed by atoms with Crippen molar-refractivity contribution in [3.8, 4) is 0 Å². The number of hydrogen-bond acceptors (Lipinski definition) is 2. The van der Waals surface area contributed by atoms with Gasteiger partial charge < -0.3 is 5.11 Å². The third-order valence-corrected chi connectivity index (χ3v) is 2.57. The summed E-state index contributed by atoms with van der Waals surface area (Å²) in [6.45, 7) is 2.13. The molecule has 1 N–H and O–H groups in total. The molecule has 0 bridgehead atoms. The molecule has 0 aliphatic carbocycles. The van der Waals surface area contributed by atoms with Crippen molar-refractivity contribution in [1.29, 1.82) is 0 Å². The van der Waals surface area contributed by atoms with E-state index in [4.69, 9.17) is 5.11 Å². The number of aliphatic hydroxyl groups is 1. The van der Waals surface area contributed by atoms with Crippen molar-refractivity contribution in [2.24, 2.45) is 0 Å². The largest absolute Gasteiger partial charge is 0.392 e. The van der Waals surface area contributed by atoms with E-state index in [0.717, 1.165) is 17.7 Å². The highest BCUT2D eigenvalue weighted by atomic mass is 16.3. The van der Waals surface area contributed by atoms with E-state index in [0.29, 0.717) is 0 Å². The molecule has 1 aromatic heterocycles. The molecule has 1 heterocycles. The Bertz CT molecular complexity index is 445. The highest BCUT2D eigenvalue weighted by Gasteiger charge is 1.98. The Balaban J connectivity index is 2.11. The predicted molar refractivity (Wildman–Crippen MR) is 64.1 cm³/mol. The summed E-state index contributed by atoms with van der Waals surface area (Å²) in [6, 6.07) is 12.3. The summed E-state index contributed by atoms with van der Waals surface area (Å²) < 4.78 is 0. The van der Waals surface area contributed by atoms with Crippen molar-refractivity contribution in [1.82, 2.24) is 4.98 Å². The summed E-state index contributed by atoms with van der Waals surface area (Å²) in [7, 11) is 0. The summed E-state index contributed by atoms with van der Waals surface area (Å²) in [4.78, 5) is 4.31. The summed E-state index contributed by atoms with van der Waals surface area (Å²) >= 11 is 0. The minimum Gasteiger partial charge on any atom is -0.392 e. The van der Waals surface area contributed by atoms with E-state index in [1.165, 1.54) is 11.1 Å². The van der Waals surface area contributed by atoms with Gasteiger partial charge in [0, 0.05) is 18.3 Å². The molecule has 0 aliphatic heterocycles. The third kappa shape index (κ3) is 2.67. The van der Waals surface area contributed by atoms with E-state index in [-0.39, 0.29) is 6.61 Å². The van der Waals surface area contributed by atoms with Gasteiger partial charge in [0.15, 0.2) is 0 Å². The lowest BCUT2D eigenvalue weighted by Crippen LogP contribution is -1.93. The lowest BCUT2D eigenvalue weighted by atomic mass is 10.1. The normalized spacial score (nSPS) is 10.4. The van der Waals surface area contributed by atoms with Crippen molar-refractivity contribution in [3.63, 3.8) is 0 Å². The highest BCUT2D eigenvalue weighted by molar-refractivity contribution is 5.26. The maximum absolute atomic E-state index is 8.91. The molecule has 0 saturated carbocycles. The fourth-order valence-corrected chi connectivity index (χ4v) is 1.57. The van der Waals surface area contributed by atoms with Crippen LogP contribution in [0.1, 0.15) is 22.4 Å². The SMILES string of the molecule is Cc1ccc(Cc2ccc(CO)cn2)cc1. The molecule has 0 radical (unpaired) electrons. The molecule has 0 amide bonds. The van der Waals surface area contributed by atoms with Crippen LogP contribution in [0.2, 0.25) is 0 Å². The Morgan fingerprint density at radius 3 is 2.25 bits per heavy atom. The van der Waals surface area contributed by atoms with E-state index >= 15 is 0 Å². The average Bonchev–Trinajstić information content (AvgIpc) is 2.33. The standard InChI is InChI=1S/C14H15NO/c1-11-2-4-12(5-3-11)8-14-7-6-13(10-16)9-15-14/h2-7,9,16H,8,10H2,1H3. The van der Waals surface area contributed by atoms with Gasteiger partial charge in [-0.1, -0.05) is 35.9 Å². The topological polar surface area (TPSA) is 33.1 Å². The lowest BCUT2D eigenvalue weighted by molar-refractivity contribution is 0.281. The van der Waals surface area contributed by atoms with Crippen LogP contribution >= 0.6 is 0 Å². The molecule has 0 saturated heterocycles.